The number of nitrogens with zero attached hydrogens (tertiary/aromatic N) is 4. The molecule has 1 aliphatic rings. The lowest BCUT2D eigenvalue weighted by atomic mass is 10.1. The fraction of sp³-hybridized carbons (Fsp3) is 0.368. The zero-order chi connectivity index (χ0) is 18.7. The van der Waals surface area contributed by atoms with E-state index in [1.165, 1.54) is 12.1 Å². The maximum Gasteiger partial charge on any atom is 0.256 e. The fourth-order valence-corrected chi connectivity index (χ4v) is 3.13. The molecule has 0 bridgehead atoms. The van der Waals surface area contributed by atoms with Crippen molar-refractivity contribution in [1.29, 1.82) is 0 Å². The first-order chi connectivity index (χ1) is 12.4. The Morgan fingerprint density at radius 3 is 2.50 bits per heavy atom. The first-order valence-electron chi connectivity index (χ1n) is 8.53. The molecule has 138 valence electrons. The standard InChI is InChI=1S/C19H22ClFN4O/c1-23(2)18-6-3-14(12-22-18)13-24-7-9-25(10-8-24)19(26)16-5-4-15(20)11-17(16)21/h3-6,11-12H,7-10,13H2,1-2H3. The predicted molar refractivity (Wildman–Crippen MR) is 101 cm³/mol. The van der Waals surface area contributed by atoms with Crippen molar-refractivity contribution in [2.75, 3.05) is 45.2 Å². The third-order valence-electron chi connectivity index (χ3n) is 4.49. The van der Waals surface area contributed by atoms with Crippen LogP contribution in [-0.4, -0.2) is 61.0 Å². The second-order valence-electron chi connectivity index (χ2n) is 6.61. The fourth-order valence-electron chi connectivity index (χ4n) is 2.98. The summed E-state index contributed by atoms with van der Waals surface area (Å²) >= 11 is 5.75. The van der Waals surface area contributed by atoms with E-state index < -0.39 is 5.82 Å². The molecule has 7 heteroatoms. The van der Waals surface area contributed by atoms with Crippen LogP contribution in [0.1, 0.15) is 15.9 Å². The van der Waals surface area contributed by atoms with Gasteiger partial charge in [0.05, 0.1) is 5.56 Å². The molecule has 1 aromatic carbocycles. The molecule has 26 heavy (non-hydrogen) atoms. The minimum Gasteiger partial charge on any atom is -0.363 e. The van der Waals surface area contributed by atoms with E-state index in [9.17, 15) is 9.18 Å². The molecule has 1 fully saturated rings. The molecule has 5 nitrogen and oxygen atoms in total. The number of aromatic nitrogens is 1. The average molecular weight is 377 g/mol. The largest absolute Gasteiger partial charge is 0.363 e. The van der Waals surface area contributed by atoms with Gasteiger partial charge in [-0.2, -0.15) is 0 Å². The van der Waals surface area contributed by atoms with Crippen molar-refractivity contribution < 1.29 is 9.18 Å². The van der Waals surface area contributed by atoms with Gasteiger partial charge in [0.25, 0.3) is 5.91 Å². The van der Waals surface area contributed by atoms with Crippen LogP contribution in [0.25, 0.3) is 0 Å². The van der Waals surface area contributed by atoms with Gasteiger partial charge >= 0.3 is 0 Å². The zero-order valence-electron chi connectivity index (χ0n) is 15.0. The van der Waals surface area contributed by atoms with Crippen LogP contribution in [0.4, 0.5) is 10.2 Å². The van der Waals surface area contributed by atoms with Gasteiger partial charge in [-0.3, -0.25) is 9.69 Å². The van der Waals surface area contributed by atoms with Gasteiger partial charge in [-0.1, -0.05) is 17.7 Å². The number of hydrogen-bond donors (Lipinski definition) is 0. The highest BCUT2D eigenvalue weighted by molar-refractivity contribution is 6.30. The molecule has 0 radical (unpaired) electrons. The summed E-state index contributed by atoms with van der Waals surface area (Å²) in [5.41, 5.74) is 1.21. The number of hydrogen-bond acceptors (Lipinski definition) is 4. The molecule has 1 aromatic heterocycles. The molecule has 0 N–H and O–H groups in total. The Morgan fingerprint density at radius 1 is 1.19 bits per heavy atom. The Morgan fingerprint density at radius 2 is 1.92 bits per heavy atom. The van der Waals surface area contributed by atoms with Gasteiger partial charge in [0, 0.05) is 58.0 Å². The van der Waals surface area contributed by atoms with Crippen LogP contribution in [0, 0.1) is 5.82 Å². The third-order valence-corrected chi connectivity index (χ3v) is 4.73. The molecule has 3 rings (SSSR count). The quantitative estimate of drug-likeness (QED) is 0.822. The Balaban J connectivity index is 1.56. The van der Waals surface area contributed by atoms with Crippen LogP contribution in [0.2, 0.25) is 5.02 Å². The maximum absolute atomic E-state index is 14.0. The summed E-state index contributed by atoms with van der Waals surface area (Å²) in [5.74, 6) is 0.0713. The van der Waals surface area contributed by atoms with Crippen molar-refractivity contribution in [3.8, 4) is 0 Å². The molecule has 1 saturated heterocycles. The number of pyridine rings is 1. The number of carbonyl (C=O) groups excluding carboxylic acids is 1. The second-order valence-corrected chi connectivity index (χ2v) is 7.05. The lowest BCUT2D eigenvalue weighted by molar-refractivity contribution is 0.0624. The predicted octanol–water partition coefficient (Wildman–Crippen LogP) is 2.90. The van der Waals surface area contributed by atoms with Gasteiger partial charge in [-0.05, 0) is 29.8 Å². The Hall–Kier alpha value is -2.18. The minimum absolute atomic E-state index is 0.0753. The topological polar surface area (TPSA) is 39.7 Å². The molecule has 0 unspecified atom stereocenters. The zero-order valence-corrected chi connectivity index (χ0v) is 15.7. The Labute approximate surface area is 158 Å². The number of benzene rings is 1. The van der Waals surface area contributed by atoms with Crippen molar-refractivity contribution in [1.82, 2.24) is 14.8 Å². The molecule has 0 spiro atoms. The first-order valence-corrected chi connectivity index (χ1v) is 8.91. The van der Waals surface area contributed by atoms with E-state index in [4.69, 9.17) is 11.6 Å². The van der Waals surface area contributed by atoms with Gasteiger partial charge < -0.3 is 9.80 Å². The highest BCUT2D eigenvalue weighted by Gasteiger charge is 2.24. The van der Waals surface area contributed by atoms with E-state index in [1.807, 2.05) is 31.3 Å². The summed E-state index contributed by atoms with van der Waals surface area (Å²) in [6, 6.07) is 8.24. The molecule has 1 amide bonds. The van der Waals surface area contributed by atoms with E-state index in [0.717, 1.165) is 31.0 Å². The van der Waals surface area contributed by atoms with E-state index in [-0.39, 0.29) is 16.5 Å². The van der Waals surface area contributed by atoms with E-state index >= 15 is 0 Å². The molecule has 1 aliphatic heterocycles. The number of piperazine rings is 1. The maximum atomic E-state index is 14.0. The van der Waals surface area contributed by atoms with Crippen LogP contribution in [-0.2, 0) is 6.54 Å². The van der Waals surface area contributed by atoms with Crippen LogP contribution < -0.4 is 4.90 Å². The lowest BCUT2D eigenvalue weighted by Gasteiger charge is -2.34. The summed E-state index contributed by atoms with van der Waals surface area (Å²) in [6.07, 6.45) is 1.88. The molecule has 2 heterocycles. The summed E-state index contributed by atoms with van der Waals surface area (Å²) in [7, 11) is 3.92. The molecular weight excluding hydrogens is 355 g/mol. The Bertz CT molecular complexity index is 774. The van der Waals surface area contributed by atoms with Crippen molar-refractivity contribution in [3.63, 3.8) is 0 Å². The highest BCUT2D eigenvalue weighted by Crippen LogP contribution is 2.18. The van der Waals surface area contributed by atoms with E-state index in [0.29, 0.717) is 13.1 Å². The third kappa shape index (κ3) is 4.31. The normalized spacial score (nSPS) is 15.2. The number of rotatable bonds is 4. The van der Waals surface area contributed by atoms with Crippen molar-refractivity contribution in [2.24, 2.45) is 0 Å². The molecule has 2 aromatic rings. The van der Waals surface area contributed by atoms with Gasteiger partial charge in [0.1, 0.15) is 11.6 Å². The molecular formula is C19H22ClFN4O. The summed E-state index contributed by atoms with van der Waals surface area (Å²) in [4.78, 5) is 22.9. The van der Waals surface area contributed by atoms with Gasteiger partial charge in [-0.25, -0.2) is 9.37 Å². The Kier molecular flexibility index (Phi) is 5.74. The lowest BCUT2D eigenvalue weighted by Crippen LogP contribution is -2.48. The summed E-state index contributed by atoms with van der Waals surface area (Å²) in [5, 5.41) is 0.290. The summed E-state index contributed by atoms with van der Waals surface area (Å²) < 4.78 is 14.0. The number of anilines is 1. The molecule has 0 atom stereocenters. The minimum atomic E-state index is -0.572. The van der Waals surface area contributed by atoms with Gasteiger partial charge in [0.2, 0.25) is 0 Å². The summed E-state index contributed by atoms with van der Waals surface area (Å²) in [6.45, 7) is 3.43. The molecule has 0 saturated carbocycles. The second kappa shape index (κ2) is 8.01. The number of halogens is 2. The first kappa shape index (κ1) is 18.6. The van der Waals surface area contributed by atoms with Crippen molar-refractivity contribution >= 4 is 23.3 Å². The van der Waals surface area contributed by atoms with Crippen LogP contribution in [0.15, 0.2) is 36.5 Å². The van der Waals surface area contributed by atoms with Crippen LogP contribution in [0.3, 0.4) is 0 Å². The highest BCUT2D eigenvalue weighted by atomic mass is 35.5. The average Bonchev–Trinajstić information content (AvgIpc) is 2.62. The van der Waals surface area contributed by atoms with E-state index in [1.54, 1.807) is 11.0 Å². The smallest absolute Gasteiger partial charge is 0.256 e. The monoisotopic (exact) mass is 376 g/mol. The number of carbonyl (C=O) groups is 1. The van der Waals surface area contributed by atoms with Gasteiger partial charge in [0.15, 0.2) is 0 Å². The van der Waals surface area contributed by atoms with Crippen LogP contribution in [0.5, 0.6) is 0 Å². The van der Waals surface area contributed by atoms with Crippen molar-refractivity contribution in [2.45, 2.75) is 6.54 Å². The SMILES string of the molecule is CN(C)c1ccc(CN2CCN(C(=O)c3ccc(Cl)cc3F)CC2)cn1. The number of amides is 1. The van der Waals surface area contributed by atoms with Crippen LogP contribution >= 0.6 is 11.6 Å². The van der Waals surface area contributed by atoms with E-state index in [2.05, 4.69) is 16.0 Å². The van der Waals surface area contributed by atoms with Crippen molar-refractivity contribution in [3.05, 3.63) is 58.5 Å². The molecule has 0 aliphatic carbocycles. The van der Waals surface area contributed by atoms with Gasteiger partial charge in [-0.15, -0.1) is 0 Å².